The van der Waals surface area contributed by atoms with Gasteiger partial charge in [-0.15, -0.1) is 0 Å². The average Bonchev–Trinajstić information content (AvgIpc) is 2.91. The number of rotatable bonds is 9. The van der Waals surface area contributed by atoms with E-state index in [1.807, 2.05) is 72.8 Å². The zero-order valence-corrected chi connectivity index (χ0v) is 19.7. The summed E-state index contributed by atoms with van der Waals surface area (Å²) in [4.78, 5) is 26.0. The number of carbonyl (C=O) groups excluding carboxylic acids is 2. The van der Waals surface area contributed by atoms with E-state index in [9.17, 15) is 9.59 Å². The predicted octanol–water partition coefficient (Wildman–Crippen LogP) is 4.69. The number of nitrogens with one attached hydrogen (secondary N) is 2. The molecule has 0 radical (unpaired) electrons. The molecule has 0 fully saturated rings. The third-order valence-corrected chi connectivity index (χ3v) is 5.81. The number of hydrogen-bond donors (Lipinski definition) is 2. The lowest BCUT2D eigenvalue weighted by atomic mass is 9.93. The molecule has 35 heavy (non-hydrogen) atoms. The summed E-state index contributed by atoms with van der Waals surface area (Å²) in [6.07, 6.45) is 1.05. The van der Waals surface area contributed by atoms with Crippen molar-refractivity contribution in [3.8, 4) is 11.5 Å². The largest absolute Gasteiger partial charge is 0.497 e. The second kappa shape index (κ2) is 11.2. The summed E-state index contributed by atoms with van der Waals surface area (Å²) < 4.78 is 16.4. The minimum absolute atomic E-state index is 0.130. The van der Waals surface area contributed by atoms with Gasteiger partial charge in [-0.25, -0.2) is 9.59 Å². The quantitative estimate of drug-likeness (QED) is 0.442. The van der Waals surface area contributed by atoms with Crippen LogP contribution in [0.25, 0.3) is 0 Å². The van der Waals surface area contributed by atoms with E-state index in [0.29, 0.717) is 29.9 Å². The Morgan fingerprint density at radius 2 is 1.51 bits per heavy atom. The first-order valence-corrected chi connectivity index (χ1v) is 11.4. The van der Waals surface area contributed by atoms with Crippen LogP contribution < -0.4 is 20.1 Å². The molecule has 0 saturated carbocycles. The van der Waals surface area contributed by atoms with Crippen molar-refractivity contribution < 1.29 is 23.8 Å². The Morgan fingerprint density at radius 1 is 0.829 bits per heavy atom. The molecule has 2 amide bonds. The van der Waals surface area contributed by atoms with Gasteiger partial charge >= 0.3 is 12.0 Å². The van der Waals surface area contributed by atoms with Gasteiger partial charge in [0, 0.05) is 5.70 Å². The van der Waals surface area contributed by atoms with Crippen molar-refractivity contribution in [3.63, 3.8) is 0 Å². The monoisotopic (exact) mass is 472 g/mol. The number of methoxy groups -OCH3 is 2. The summed E-state index contributed by atoms with van der Waals surface area (Å²) in [7, 11) is 3.19. The molecule has 180 valence electrons. The van der Waals surface area contributed by atoms with Crippen molar-refractivity contribution in [2.45, 2.75) is 25.5 Å². The van der Waals surface area contributed by atoms with Gasteiger partial charge in [-0.3, -0.25) is 0 Å². The Balaban J connectivity index is 1.66. The molecule has 3 aromatic rings. The molecule has 1 aliphatic rings. The summed E-state index contributed by atoms with van der Waals surface area (Å²) in [6, 6.07) is 23.4. The zero-order chi connectivity index (χ0) is 24.6. The van der Waals surface area contributed by atoms with E-state index in [1.54, 1.807) is 20.3 Å². The van der Waals surface area contributed by atoms with E-state index in [-0.39, 0.29) is 12.6 Å². The molecule has 0 aliphatic carbocycles. The van der Waals surface area contributed by atoms with E-state index in [0.717, 1.165) is 22.4 Å². The third-order valence-electron chi connectivity index (χ3n) is 5.81. The minimum atomic E-state index is -0.678. The fraction of sp³-hybridized carbons (Fsp3) is 0.214. The number of amides is 2. The number of carbonyl (C=O) groups is 2. The van der Waals surface area contributed by atoms with Gasteiger partial charge < -0.3 is 24.8 Å². The van der Waals surface area contributed by atoms with E-state index >= 15 is 0 Å². The van der Waals surface area contributed by atoms with Gasteiger partial charge in [0.25, 0.3) is 0 Å². The van der Waals surface area contributed by atoms with Crippen LogP contribution in [-0.4, -0.2) is 26.2 Å². The fourth-order valence-electron chi connectivity index (χ4n) is 4.03. The Bertz CT molecular complexity index is 1220. The van der Waals surface area contributed by atoms with Gasteiger partial charge in [-0.1, -0.05) is 54.6 Å². The molecule has 0 bridgehead atoms. The van der Waals surface area contributed by atoms with Gasteiger partial charge in [-0.05, 0) is 53.8 Å². The van der Waals surface area contributed by atoms with E-state index in [2.05, 4.69) is 10.6 Å². The van der Waals surface area contributed by atoms with E-state index in [4.69, 9.17) is 14.2 Å². The molecular weight excluding hydrogens is 444 g/mol. The van der Waals surface area contributed by atoms with Crippen LogP contribution in [0.5, 0.6) is 11.5 Å². The summed E-state index contributed by atoms with van der Waals surface area (Å²) >= 11 is 0. The second-order valence-corrected chi connectivity index (χ2v) is 8.11. The highest BCUT2D eigenvalue weighted by atomic mass is 16.5. The standard InChI is InChI=1S/C28H28N2O5/c1-33-22-12-6-10-19(16-22)14-15-24-25(27(31)35-18-20-8-4-3-5-9-20)26(30-28(32)29-24)21-11-7-13-23(17-21)34-2/h3-13,16-17,26H,14-15,18H2,1-2H3,(H2,29,30,32). The molecule has 7 heteroatoms. The van der Waals surface area contributed by atoms with Gasteiger partial charge in [-0.2, -0.15) is 0 Å². The smallest absolute Gasteiger partial charge is 0.338 e. The highest BCUT2D eigenvalue weighted by Crippen LogP contribution is 2.31. The number of ether oxygens (including phenoxy) is 3. The van der Waals surface area contributed by atoms with E-state index in [1.165, 1.54) is 0 Å². The van der Waals surface area contributed by atoms with Crippen molar-refractivity contribution in [1.29, 1.82) is 0 Å². The Labute approximate surface area is 204 Å². The second-order valence-electron chi connectivity index (χ2n) is 8.11. The summed E-state index contributed by atoms with van der Waals surface area (Å²) in [6.45, 7) is 0.130. The van der Waals surface area contributed by atoms with Crippen LogP contribution in [0.15, 0.2) is 90.1 Å². The SMILES string of the molecule is COc1cccc(CCC2=C(C(=O)OCc3ccccc3)C(c3cccc(OC)c3)NC(=O)N2)c1. The fourth-order valence-corrected chi connectivity index (χ4v) is 4.03. The molecule has 0 aromatic heterocycles. The van der Waals surface area contributed by atoms with Crippen LogP contribution in [0.1, 0.15) is 29.2 Å². The number of benzene rings is 3. The van der Waals surface area contributed by atoms with Crippen LogP contribution in [0.3, 0.4) is 0 Å². The lowest BCUT2D eigenvalue weighted by molar-refractivity contribution is -0.140. The lowest BCUT2D eigenvalue weighted by Gasteiger charge is -2.29. The van der Waals surface area contributed by atoms with Crippen LogP contribution >= 0.6 is 0 Å². The van der Waals surface area contributed by atoms with E-state index < -0.39 is 12.0 Å². The molecule has 0 spiro atoms. The first kappa shape index (κ1) is 23.9. The predicted molar refractivity (Wildman–Crippen MR) is 132 cm³/mol. The molecule has 1 unspecified atom stereocenters. The normalized spacial score (nSPS) is 15.1. The maximum Gasteiger partial charge on any atom is 0.338 e. The summed E-state index contributed by atoms with van der Waals surface area (Å²) in [5.41, 5.74) is 3.54. The van der Waals surface area contributed by atoms with Crippen LogP contribution in [0, 0.1) is 0 Å². The molecule has 3 aromatic carbocycles. The van der Waals surface area contributed by atoms with Crippen molar-refractivity contribution in [1.82, 2.24) is 10.6 Å². The van der Waals surface area contributed by atoms with Crippen LogP contribution in [-0.2, 0) is 22.6 Å². The van der Waals surface area contributed by atoms with Crippen molar-refractivity contribution in [2.24, 2.45) is 0 Å². The lowest BCUT2D eigenvalue weighted by Crippen LogP contribution is -2.46. The number of aryl methyl sites for hydroxylation is 1. The Hall–Kier alpha value is -4.26. The van der Waals surface area contributed by atoms with Crippen LogP contribution in [0.2, 0.25) is 0 Å². The first-order chi connectivity index (χ1) is 17.1. The Morgan fingerprint density at radius 3 is 2.26 bits per heavy atom. The highest BCUT2D eigenvalue weighted by Gasteiger charge is 2.33. The molecule has 1 heterocycles. The number of esters is 1. The molecule has 1 aliphatic heterocycles. The van der Waals surface area contributed by atoms with Gasteiger partial charge in [0.2, 0.25) is 0 Å². The summed E-state index contributed by atoms with van der Waals surface area (Å²) in [5, 5.41) is 5.71. The van der Waals surface area contributed by atoms with Gasteiger partial charge in [0.05, 0.1) is 25.8 Å². The first-order valence-electron chi connectivity index (χ1n) is 11.4. The maximum atomic E-state index is 13.4. The topological polar surface area (TPSA) is 85.9 Å². The highest BCUT2D eigenvalue weighted by molar-refractivity contribution is 5.95. The zero-order valence-electron chi connectivity index (χ0n) is 19.7. The average molecular weight is 473 g/mol. The van der Waals surface area contributed by atoms with Gasteiger partial charge in [0.15, 0.2) is 0 Å². The Kier molecular flexibility index (Phi) is 7.67. The number of allylic oxidation sites excluding steroid dienone is 1. The van der Waals surface area contributed by atoms with Crippen LogP contribution in [0.4, 0.5) is 4.79 Å². The molecular formula is C28H28N2O5. The third kappa shape index (κ3) is 6.00. The van der Waals surface area contributed by atoms with Crippen molar-refractivity contribution in [2.75, 3.05) is 14.2 Å². The molecule has 4 rings (SSSR count). The van der Waals surface area contributed by atoms with Crippen molar-refractivity contribution >= 4 is 12.0 Å². The summed E-state index contributed by atoms with van der Waals surface area (Å²) in [5.74, 6) is 0.891. The molecule has 2 N–H and O–H groups in total. The van der Waals surface area contributed by atoms with Crippen molar-refractivity contribution in [3.05, 3.63) is 107 Å². The molecule has 1 atom stereocenters. The minimum Gasteiger partial charge on any atom is -0.497 e. The van der Waals surface area contributed by atoms with Gasteiger partial charge in [0.1, 0.15) is 18.1 Å². The number of urea groups is 1. The number of hydrogen-bond acceptors (Lipinski definition) is 5. The molecule has 0 saturated heterocycles. The maximum absolute atomic E-state index is 13.4. The molecule has 7 nitrogen and oxygen atoms in total.